The van der Waals surface area contributed by atoms with E-state index in [1.54, 1.807) is 5.38 Å². The lowest BCUT2D eigenvalue weighted by molar-refractivity contribution is -0.116. The number of nitrogens with one attached hydrogen (secondary N) is 2. The Bertz CT molecular complexity index is 524. The first-order valence-electron chi connectivity index (χ1n) is 8.30. The first-order valence-corrected chi connectivity index (χ1v) is 9.18. The number of thiazole rings is 1. The van der Waals surface area contributed by atoms with E-state index in [0.717, 1.165) is 13.0 Å². The predicted octanol–water partition coefficient (Wildman–Crippen LogP) is 2.34. The van der Waals surface area contributed by atoms with Gasteiger partial charge in [-0.15, -0.1) is 11.3 Å². The van der Waals surface area contributed by atoms with Gasteiger partial charge in [0.2, 0.25) is 5.91 Å². The van der Waals surface area contributed by atoms with Crippen molar-refractivity contribution in [1.82, 2.24) is 15.2 Å². The standard InChI is InChI=1S/C16H26N4O2S/c1-12(2)10-14(21)19-16-18-13(11-23-16)15(22)17-6-5-9-20-7-3-4-8-20/h11-12H,3-10H2,1-2H3,(H,17,22)(H,18,19,21). The number of hydrogen-bond acceptors (Lipinski definition) is 5. The van der Waals surface area contributed by atoms with Gasteiger partial charge in [0.1, 0.15) is 5.69 Å². The highest BCUT2D eigenvalue weighted by Crippen LogP contribution is 2.16. The molecule has 1 aliphatic heterocycles. The van der Waals surface area contributed by atoms with Gasteiger partial charge in [-0.1, -0.05) is 13.8 Å². The fourth-order valence-electron chi connectivity index (χ4n) is 2.58. The largest absolute Gasteiger partial charge is 0.351 e. The van der Waals surface area contributed by atoms with Crippen LogP contribution in [0.1, 0.15) is 50.0 Å². The molecule has 0 bridgehead atoms. The molecular formula is C16H26N4O2S. The molecule has 2 rings (SSSR count). The Morgan fingerprint density at radius 2 is 2.09 bits per heavy atom. The summed E-state index contributed by atoms with van der Waals surface area (Å²) in [7, 11) is 0. The molecule has 23 heavy (non-hydrogen) atoms. The summed E-state index contributed by atoms with van der Waals surface area (Å²) >= 11 is 1.28. The van der Waals surface area contributed by atoms with E-state index in [9.17, 15) is 9.59 Å². The van der Waals surface area contributed by atoms with Gasteiger partial charge < -0.3 is 15.5 Å². The highest BCUT2D eigenvalue weighted by Gasteiger charge is 2.14. The number of carbonyl (C=O) groups is 2. The van der Waals surface area contributed by atoms with Crippen molar-refractivity contribution in [1.29, 1.82) is 0 Å². The van der Waals surface area contributed by atoms with E-state index in [-0.39, 0.29) is 11.8 Å². The minimum atomic E-state index is -0.174. The number of aromatic nitrogens is 1. The summed E-state index contributed by atoms with van der Waals surface area (Å²) in [6.45, 7) is 8.03. The van der Waals surface area contributed by atoms with E-state index >= 15 is 0 Å². The Kier molecular flexibility index (Phi) is 6.98. The summed E-state index contributed by atoms with van der Waals surface area (Å²) in [6.07, 6.45) is 3.98. The molecule has 0 spiro atoms. The Morgan fingerprint density at radius 3 is 2.78 bits per heavy atom. The monoisotopic (exact) mass is 338 g/mol. The summed E-state index contributed by atoms with van der Waals surface area (Å²) in [5.74, 6) is 0.0623. The number of carbonyl (C=O) groups excluding carboxylic acids is 2. The van der Waals surface area contributed by atoms with E-state index < -0.39 is 0 Å². The van der Waals surface area contributed by atoms with Crippen LogP contribution in [0.4, 0.5) is 5.13 Å². The third kappa shape index (κ3) is 6.27. The third-order valence-corrected chi connectivity index (χ3v) is 4.47. The molecule has 1 fully saturated rings. The minimum absolute atomic E-state index is 0.0630. The summed E-state index contributed by atoms with van der Waals surface area (Å²) in [5, 5.41) is 7.79. The average molecular weight is 338 g/mol. The van der Waals surface area contributed by atoms with Crippen LogP contribution in [-0.4, -0.2) is 47.9 Å². The summed E-state index contributed by atoms with van der Waals surface area (Å²) in [4.78, 5) is 30.3. The van der Waals surface area contributed by atoms with Crippen LogP contribution in [0.2, 0.25) is 0 Å². The van der Waals surface area contributed by atoms with Crippen LogP contribution in [-0.2, 0) is 4.79 Å². The number of nitrogens with zero attached hydrogens (tertiary/aromatic N) is 2. The Balaban J connectivity index is 1.69. The second kappa shape index (κ2) is 8.98. The van der Waals surface area contributed by atoms with Crippen LogP contribution < -0.4 is 10.6 Å². The van der Waals surface area contributed by atoms with Crippen LogP contribution in [0.25, 0.3) is 0 Å². The first kappa shape index (κ1) is 17.9. The van der Waals surface area contributed by atoms with Crippen molar-refractivity contribution in [3.05, 3.63) is 11.1 Å². The zero-order valence-corrected chi connectivity index (χ0v) is 14.7. The lowest BCUT2D eigenvalue weighted by Crippen LogP contribution is -2.28. The van der Waals surface area contributed by atoms with E-state index in [0.29, 0.717) is 29.7 Å². The topological polar surface area (TPSA) is 74.3 Å². The molecular weight excluding hydrogens is 312 g/mol. The molecule has 1 aromatic rings. The van der Waals surface area contributed by atoms with Crippen molar-refractivity contribution in [3.63, 3.8) is 0 Å². The van der Waals surface area contributed by atoms with Gasteiger partial charge in [0.05, 0.1) is 0 Å². The quantitative estimate of drug-likeness (QED) is 0.714. The van der Waals surface area contributed by atoms with Gasteiger partial charge in [-0.3, -0.25) is 9.59 Å². The van der Waals surface area contributed by atoms with E-state index in [1.165, 1.54) is 37.3 Å². The highest BCUT2D eigenvalue weighted by molar-refractivity contribution is 7.14. The Hall–Kier alpha value is -1.47. The Labute approximate surface area is 141 Å². The maximum absolute atomic E-state index is 12.0. The molecule has 128 valence electrons. The van der Waals surface area contributed by atoms with Crippen molar-refractivity contribution >= 4 is 28.3 Å². The normalized spacial score (nSPS) is 15.1. The summed E-state index contributed by atoms with van der Waals surface area (Å²) < 4.78 is 0. The number of amides is 2. The van der Waals surface area contributed by atoms with Crippen molar-refractivity contribution in [2.24, 2.45) is 5.92 Å². The van der Waals surface area contributed by atoms with Crippen LogP contribution in [0.5, 0.6) is 0 Å². The number of hydrogen-bond donors (Lipinski definition) is 2. The molecule has 7 heteroatoms. The van der Waals surface area contributed by atoms with Gasteiger partial charge in [-0.25, -0.2) is 4.98 Å². The smallest absolute Gasteiger partial charge is 0.270 e. The molecule has 0 aliphatic carbocycles. The fraction of sp³-hybridized carbons (Fsp3) is 0.688. The molecule has 2 heterocycles. The molecule has 2 N–H and O–H groups in total. The van der Waals surface area contributed by atoms with Crippen LogP contribution in [0, 0.1) is 5.92 Å². The van der Waals surface area contributed by atoms with Gasteiger partial charge in [-0.2, -0.15) is 0 Å². The average Bonchev–Trinajstić information content (AvgIpc) is 3.13. The predicted molar refractivity (Wildman–Crippen MR) is 92.8 cm³/mol. The summed E-state index contributed by atoms with van der Waals surface area (Å²) in [5.41, 5.74) is 0.371. The zero-order valence-electron chi connectivity index (χ0n) is 13.9. The number of rotatable bonds is 8. The van der Waals surface area contributed by atoms with Crippen LogP contribution in [0.15, 0.2) is 5.38 Å². The third-order valence-electron chi connectivity index (χ3n) is 3.71. The van der Waals surface area contributed by atoms with Gasteiger partial charge in [-0.05, 0) is 44.8 Å². The van der Waals surface area contributed by atoms with E-state index in [2.05, 4.69) is 20.5 Å². The molecule has 0 radical (unpaired) electrons. The molecule has 0 saturated carbocycles. The highest BCUT2D eigenvalue weighted by atomic mass is 32.1. The molecule has 0 aromatic carbocycles. The second-order valence-electron chi connectivity index (χ2n) is 6.34. The molecule has 0 atom stereocenters. The van der Waals surface area contributed by atoms with Crippen LogP contribution >= 0.6 is 11.3 Å². The zero-order chi connectivity index (χ0) is 16.7. The SMILES string of the molecule is CC(C)CC(=O)Nc1nc(C(=O)NCCCN2CCCC2)cs1. The molecule has 0 unspecified atom stereocenters. The van der Waals surface area contributed by atoms with Crippen molar-refractivity contribution in [2.75, 3.05) is 31.5 Å². The minimum Gasteiger partial charge on any atom is -0.351 e. The summed E-state index contributed by atoms with van der Waals surface area (Å²) in [6, 6.07) is 0. The molecule has 6 nitrogen and oxygen atoms in total. The second-order valence-corrected chi connectivity index (χ2v) is 7.20. The van der Waals surface area contributed by atoms with Crippen molar-refractivity contribution < 1.29 is 9.59 Å². The first-order chi connectivity index (χ1) is 11.0. The number of anilines is 1. The number of likely N-dealkylation sites (tertiary alicyclic amines) is 1. The molecule has 1 aromatic heterocycles. The van der Waals surface area contributed by atoms with E-state index in [1.807, 2.05) is 13.8 Å². The lowest BCUT2D eigenvalue weighted by atomic mass is 10.1. The van der Waals surface area contributed by atoms with Crippen LogP contribution in [0.3, 0.4) is 0 Å². The molecule has 2 amide bonds. The maximum Gasteiger partial charge on any atom is 0.270 e. The van der Waals surface area contributed by atoms with Gasteiger partial charge in [0.15, 0.2) is 5.13 Å². The molecule has 1 saturated heterocycles. The molecule has 1 aliphatic rings. The van der Waals surface area contributed by atoms with Gasteiger partial charge in [0, 0.05) is 18.3 Å². The van der Waals surface area contributed by atoms with Crippen molar-refractivity contribution in [3.8, 4) is 0 Å². The van der Waals surface area contributed by atoms with Gasteiger partial charge >= 0.3 is 0 Å². The van der Waals surface area contributed by atoms with Gasteiger partial charge in [0.25, 0.3) is 5.91 Å². The van der Waals surface area contributed by atoms with Crippen molar-refractivity contribution in [2.45, 2.75) is 39.5 Å². The van der Waals surface area contributed by atoms with E-state index in [4.69, 9.17) is 0 Å². The lowest BCUT2D eigenvalue weighted by Gasteiger charge is -2.13. The Morgan fingerprint density at radius 1 is 1.35 bits per heavy atom. The maximum atomic E-state index is 12.0. The fourth-order valence-corrected chi connectivity index (χ4v) is 3.28.